The van der Waals surface area contributed by atoms with Crippen molar-refractivity contribution in [2.24, 2.45) is 0 Å². The molecule has 156 valence electrons. The van der Waals surface area contributed by atoms with Gasteiger partial charge in [0, 0.05) is 6.42 Å². The van der Waals surface area contributed by atoms with Gasteiger partial charge in [0.25, 0.3) is 0 Å². The van der Waals surface area contributed by atoms with Gasteiger partial charge in [-0.1, -0.05) is 56.5 Å². The van der Waals surface area contributed by atoms with Crippen LogP contribution in [0.2, 0.25) is 0 Å². The fourth-order valence-electron chi connectivity index (χ4n) is 3.23. The summed E-state index contributed by atoms with van der Waals surface area (Å²) in [6, 6.07) is 8.93. The van der Waals surface area contributed by atoms with Gasteiger partial charge in [0.1, 0.15) is 0 Å². The number of aryl methyl sites for hydroxylation is 1. The average molecular weight is 413 g/mol. The standard InChI is InChI=1S/C21H30ClF5/c1-4-5-6-10-16-20(24,25)21(26,27)19(23,18(2,3)22)15-11-14-17-12-8-7-9-13-17/h7-9,12-13H,4-6,10-11,14-16H2,1-3H3. The van der Waals surface area contributed by atoms with Crippen molar-refractivity contribution in [1.82, 2.24) is 0 Å². The molecule has 0 aliphatic carbocycles. The van der Waals surface area contributed by atoms with Crippen molar-refractivity contribution in [3.63, 3.8) is 0 Å². The van der Waals surface area contributed by atoms with Crippen LogP contribution >= 0.6 is 11.6 Å². The van der Waals surface area contributed by atoms with Crippen LogP contribution in [-0.2, 0) is 6.42 Å². The number of hydrogen-bond donors (Lipinski definition) is 0. The minimum atomic E-state index is -4.85. The van der Waals surface area contributed by atoms with Gasteiger partial charge in [-0.05, 0) is 45.1 Å². The van der Waals surface area contributed by atoms with E-state index < -0.39 is 35.2 Å². The zero-order chi connectivity index (χ0) is 20.8. The van der Waals surface area contributed by atoms with Crippen molar-refractivity contribution in [2.75, 3.05) is 0 Å². The minimum Gasteiger partial charge on any atom is -0.235 e. The number of rotatable bonds is 12. The molecule has 1 atom stereocenters. The molecule has 0 aliphatic rings. The molecule has 0 amide bonds. The van der Waals surface area contributed by atoms with Crippen LogP contribution in [-0.4, -0.2) is 22.4 Å². The van der Waals surface area contributed by atoms with Crippen molar-refractivity contribution in [3.8, 4) is 0 Å². The van der Waals surface area contributed by atoms with E-state index in [0.29, 0.717) is 19.3 Å². The van der Waals surface area contributed by atoms with Gasteiger partial charge in [-0.25, -0.2) is 4.39 Å². The molecule has 1 unspecified atom stereocenters. The summed E-state index contributed by atoms with van der Waals surface area (Å²) in [4.78, 5) is -2.14. The lowest BCUT2D eigenvalue weighted by molar-refractivity contribution is -0.282. The van der Waals surface area contributed by atoms with E-state index in [9.17, 15) is 17.6 Å². The van der Waals surface area contributed by atoms with E-state index in [2.05, 4.69) is 0 Å². The van der Waals surface area contributed by atoms with E-state index >= 15 is 4.39 Å². The fourth-order valence-corrected chi connectivity index (χ4v) is 3.44. The van der Waals surface area contributed by atoms with E-state index in [1.807, 2.05) is 6.92 Å². The molecule has 0 bridgehead atoms. The van der Waals surface area contributed by atoms with Crippen LogP contribution in [0.5, 0.6) is 0 Å². The van der Waals surface area contributed by atoms with Crippen molar-refractivity contribution in [2.45, 2.75) is 94.5 Å². The van der Waals surface area contributed by atoms with Crippen LogP contribution in [0.25, 0.3) is 0 Å². The Hall–Kier alpha value is -0.840. The molecule has 0 nitrogen and oxygen atoms in total. The van der Waals surface area contributed by atoms with Gasteiger partial charge in [0.2, 0.25) is 0 Å². The Kier molecular flexibility index (Phi) is 8.58. The third kappa shape index (κ3) is 5.82. The molecule has 27 heavy (non-hydrogen) atoms. The van der Waals surface area contributed by atoms with Crippen LogP contribution in [0.4, 0.5) is 22.0 Å². The molecule has 0 fully saturated rings. The average Bonchev–Trinajstić information content (AvgIpc) is 2.58. The summed E-state index contributed by atoms with van der Waals surface area (Å²) in [5.41, 5.74) is -2.69. The molecule has 1 aromatic carbocycles. The Balaban J connectivity index is 2.94. The van der Waals surface area contributed by atoms with Gasteiger partial charge in [0.05, 0.1) is 4.87 Å². The van der Waals surface area contributed by atoms with Gasteiger partial charge < -0.3 is 0 Å². The monoisotopic (exact) mass is 412 g/mol. The van der Waals surface area contributed by atoms with E-state index in [1.54, 1.807) is 30.3 Å². The Bertz CT molecular complexity index is 553. The molecule has 0 aliphatic heterocycles. The smallest absolute Gasteiger partial charge is 0.235 e. The van der Waals surface area contributed by atoms with E-state index in [-0.39, 0.29) is 12.8 Å². The van der Waals surface area contributed by atoms with Gasteiger partial charge >= 0.3 is 11.8 Å². The summed E-state index contributed by atoms with van der Waals surface area (Å²) in [5.74, 6) is -9.30. The first-order valence-electron chi connectivity index (χ1n) is 9.56. The Labute approximate surface area is 164 Å². The molecule has 6 heteroatoms. The second-order valence-electron chi connectivity index (χ2n) is 7.70. The Morgan fingerprint density at radius 3 is 1.93 bits per heavy atom. The lowest BCUT2D eigenvalue weighted by atomic mass is 9.77. The zero-order valence-corrected chi connectivity index (χ0v) is 17.1. The number of hydrogen-bond acceptors (Lipinski definition) is 0. The summed E-state index contributed by atoms with van der Waals surface area (Å²) in [7, 11) is 0. The highest BCUT2D eigenvalue weighted by molar-refractivity contribution is 6.24. The third-order valence-corrected chi connectivity index (χ3v) is 5.37. The van der Waals surface area contributed by atoms with Gasteiger partial charge in [-0.2, -0.15) is 17.6 Å². The van der Waals surface area contributed by atoms with Crippen molar-refractivity contribution >= 4 is 11.6 Å². The maximum atomic E-state index is 15.5. The molecule has 0 aromatic heterocycles. The molecule has 0 heterocycles. The highest BCUT2D eigenvalue weighted by Crippen LogP contribution is 2.55. The minimum absolute atomic E-state index is 0.00182. The first kappa shape index (κ1) is 24.2. The number of unbranched alkanes of at least 4 members (excludes halogenated alkanes) is 3. The van der Waals surface area contributed by atoms with E-state index in [0.717, 1.165) is 25.8 Å². The first-order valence-corrected chi connectivity index (χ1v) is 9.94. The maximum absolute atomic E-state index is 15.5. The summed E-state index contributed by atoms with van der Waals surface area (Å²) >= 11 is 5.91. The normalized spacial score (nSPS) is 15.6. The van der Waals surface area contributed by atoms with Crippen molar-refractivity contribution in [3.05, 3.63) is 35.9 Å². The lowest BCUT2D eigenvalue weighted by Crippen LogP contribution is -2.63. The molecule has 0 N–H and O–H groups in total. The Morgan fingerprint density at radius 1 is 0.815 bits per heavy atom. The molecule has 1 aromatic rings. The van der Waals surface area contributed by atoms with Crippen LogP contribution in [0, 0.1) is 0 Å². The highest BCUT2D eigenvalue weighted by Gasteiger charge is 2.73. The van der Waals surface area contributed by atoms with Gasteiger partial charge in [0.15, 0.2) is 5.67 Å². The molecule has 0 radical (unpaired) electrons. The molecule has 0 saturated carbocycles. The van der Waals surface area contributed by atoms with Gasteiger partial charge in [-0.15, -0.1) is 11.6 Å². The summed E-state index contributed by atoms with van der Waals surface area (Å²) in [6.45, 7) is 3.97. The maximum Gasteiger partial charge on any atom is 0.344 e. The third-order valence-electron chi connectivity index (χ3n) is 5.07. The summed E-state index contributed by atoms with van der Waals surface area (Å²) < 4.78 is 73.7. The summed E-state index contributed by atoms with van der Waals surface area (Å²) in [6.07, 6.45) is 0.353. The molecule has 1 rings (SSSR count). The zero-order valence-electron chi connectivity index (χ0n) is 16.3. The van der Waals surface area contributed by atoms with Crippen molar-refractivity contribution in [1.29, 1.82) is 0 Å². The SMILES string of the molecule is CCCCCCC(F)(F)C(F)(F)C(F)(CCCc1ccccc1)C(C)(C)Cl. The predicted octanol–water partition coefficient (Wildman–Crippen LogP) is 7.98. The fraction of sp³-hybridized carbons (Fsp3) is 0.714. The predicted molar refractivity (Wildman–Crippen MR) is 102 cm³/mol. The second-order valence-corrected chi connectivity index (χ2v) is 8.65. The van der Waals surface area contributed by atoms with Gasteiger partial charge in [-0.3, -0.25) is 0 Å². The highest BCUT2D eigenvalue weighted by atomic mass is 35.5. The molecule has 0 spiro atoms. The number of alkyl halides is 6. The van der Waals surface area contributed by atoms with Crippen LogP contribution in [0.1, 0.15) is 71.3 Å². The van der Waals surface area contributed by atoms with E-state index in [1.165, 1.54) is 0 Å². The van der Waals surface area contributed by atoms with Crippen LogP contribution in [0.15, 0.2) is 30.3 Å². The molecule has 0 saturated heterocycles. The molecular weight excluding hydrogens is 383 g/mol. The Morgan fingerprint density at radius 2 is 1.41 bits per heavy atom. The van der Waals surface area contributed by atoms with E-state index in [4.69, 9.17) is 11.6 Å². The second kappa shape index (κ2) is 9.58. The van der Waals surface area contributed by atoms with Crippen LogP contribution < -0.4 is 0 Å². The molecular formula is C21H30ClF5. The topological polar surface area (TPSA) is 0 Å². The number of benzene rings is 1. The largest absolute Gasteiger partial charge is 0.344 e. The number of halogens is 6. The van der Waals surface area contributed by atoms with Crippen molar-refractivity contribution < 1.29 is 22.0 Å². The van der Waals surface area contributed by atoms with Crippen LogP contribution in [0.3, 0.4) is 0 Å². The first-order chi connectivity index (χ1) is 12.4. The quantitative estimate of drug-likeness (QED) is 0.185. The summed E-state index contributed by atoms with van der Waals surface area (Å²) in [5, 5.41) is 0. The lowest BCUT2D eigenvalue weighted by Gasteiger charge is -2.44.